The second-order valence-electron chi connectivity index (χ2n) is 9.00. The number of carbonyl (C=O) groups excluding carboxylic acids is 1. The lowest BCUT2D eigenvalue weighted by molar-refractivity contribution is -0.133. The fourth-order valence-electron chi connectivity index (χ4n) is 4.31. The van der Waals surface area contributed by atoms with Gasteiger partial charge in [-0.05, 0) is 67.9 Å². The molecule has 0 bridgehead atoms. The van der Waals surface area contributed by atoms with Crippen LogP contribution in [0.25, 0.3) is 0 Å². The summed E-state index contributed by atoms with van der Waals surface area (Å²) >= 11 is 0. The normalized spacial score (nSPS) is 16.4. The van der Waals surface area contributed by atoms with Crippen LogP contribution in [-0.2, 0) is 4.79 Å². The topological polar surface area (TPSA) is 63.7 Å². The summed E-state index contributed by atoms with van der Waals surface area (Å²) < 4.78 is 11.2. The molecule has 2 heterocycles. The Morgan fingerprint density at radius 1 is 1.03 bits per heavy atom. The molecule has 6 nitrogen and oxygen atoms in total. The van der Waals surface area contributed by atoms with E-state index in [1.807, 2.05) is 72.8 Å². The molecule has 1 aromatic heterocycles. The van der Waals surface area contributed by atoms with Crippen molar-refractivity contribution in [3.05, 3.63) is 90.3 Å². The van der Waals surface area contributed by atoms with Gasteiger partial charge in [0, 0.05) is 18.2 Å². The Balaban J connectivity index is 1.37. The van der Waals surface area contributed by atoms with Crippen LogP contribution in [-0.4, -0.2) is 49.1 Å². The third kappa shape index (κ3) is 5.94. The molecule has 1 N–H and O–H groups in total. The van der Waals surface area contributed by atoms with E-state index in [1.165, 1.54) is 0 Å². The third-order valence-electron chi connectivity index (χ3n) is 6.61. The molecular weight excluding hydrogens is 426 g/mol. The Kier molecular flexibility index (Phi) is 7.80. The van der Waals surface area contributed by atoms with E-state index in [9.17, 15) is 4.79 Å². The monoisotopic (exact) mass is 459 g/mol. The quantitative estimate of drug-likeness (QED) is 0.511. The molecule has 1 aliphatic rings. The van der Waals surface area contributed by atoms with Crippen molar-refractivity contribution in [1.82, 2.24) is 15.2 Å². The Hall–Kier alpha value is -3.38. The summed E-state index contributed by atoms with van der Waals surface area (Å²) in [4.78, 5) is 20.4. The molecular formula is C28H33N3O3. The van der Waals surface area contributed by atoms with E-state index in [2.05, 4.69) is 22.1 Å². The molecule has 1 saturated heterocycles. The van der Waals surface area contributed by atoms with Crippen molar-refractivity contribution in [2.45, 2.75) is 25.8 Å². The maximum absolute atomic E-state index is 13.5. The van der Waals surface area contributed by atoms with Gasteiger partial charge < -0.3 is 14.8 Å². The number of likely N-dealkylation sites (tertiary alicyclic amines) is 1. The minimum atomic E-state index is -0.428. The fraction of sp³-hybridized carbons (Fsp3) is 0.357. The zero-order valence-corrected chi connectivity index (χ0v) is 19.9. The number of nitrogens with zero attached hydrogens (tertiary/aromatic N) is 2. The molecule has 0 aliphatic carbocycles. The average molecular weight is 460 g/mol. The zero-order chi connectivity index (χ0) is 23.8. The lowest BCUT2D eigenvalue weighted by atomic mass is 9.79. The zero-order valence-electron chi connectivity index (χ0n) is 19.9. The minimum absolute atomic E-state index is 0.0613. The van der Waals surface area contributed by atoms with Gasteiger partial charge in [0.1, 0.15) is 18.1 Å². The average Bonchev–Trinajstić information content (AvgIpc) is 2.89. The van der Waals surface area contributed by atoms with Crippen molar-refractivity contribution < 1.29 is 14.3 Å². The minimum Gasteiger partial charge on any atom is -0.497 e. The second-order valence-corrected chi connectivity index (χ2v) is 9.00. The second kappa shape index (κ2) is 11.2. The molecule has 4 rings (SSSR count). The summed E-state index contributed by atoms with van der Waals surface area (Å²) in [5.41, 5.74) is 1.33. The fourth-order valence-corrected chi connectivity index (χ4v) is 4.31. The van der Waals surface area contributed by atoms with Gasteiger partial charge in [-0.3, -0.25) is 14.7 Å². The van der Waals surface area contributed by atoms with Crippen molar-refractivity contribution in [3.63, 3.8) is 0 Å². The van der Waals surface area contributed by atoms with Gasteiger partial charge in [-0.1, -0.05) is 43.3 Å². The van der Waals surface area contributed by atoms with Gasteiger partial charge >= 0.3 is 0 Å². The molecule has 0 saturated carbocycles. The number of pyridine rings is 1. The lowest BCUT2D eigenvalue weighted by Crippen LogP contribution is -2.48. The highest BCUT2D eigenvalue weighted by Crippen LogP contribution is 2.33. The third-order valence-corrected chi connectivity index (χ3v) is 6.61. The van der Waals surface area contributed by atoms with E-state index in [-0.39, 0.29) is 11.9 Å². The molecule has 3 aromatic rings. The van der Waals surface area contributed by atoms with Gasteiger partial charge in [-0.2, -0.15) is 0 Å². The summed E-state index contributed by atoms with van der Waals surface area (Å²) in [6, 6.07) is 23.1. The van der Waals surface area contributed by atoms with Gasteiger partial charge in [0.25, 0.3) is 0 Å². The van der Waals surface area contributed by atoms with Gasteiger partial charge in [-0.15, -0.1) is 0 Å². The number of para-hydroxylation sites is 1. The van der Waals surface area contributed by atoms with Crippen LogP contribution in [0.3, 0.4) is 0 Å². The number of methoxy groups -OCH3 is 1. The van der Waals surface area contributed by atoms with Crippen molar-refractivity contribution >= 4 is 5.91 Å². The SMILES string of the molecule is COc1cccc([C@H](NC(=O)C2(C)CCN(CCOc3ccccc3)CC2)c2ccccn2)c1. The number of aromatic nitrogens is 1. The highest BCUT2D eigenvalue weighted by Gasteiger charge is 2.38. The number of hydrogen-bond donors (Lipinski definition) is 1. The van der Waals surface area contributed by atoms with Crippen LogP contribution in [0.2, 0.25) is 0 Å². The van der Waals surface area contributed by atoms with Crippen LogP contribution >= 0.6 is 0 Å². The van der Waals surface area contributed by atoms with E-state index < -0.39 is 5.41 Å². The highest BCUT2D eigenvalue weighted by molar-refractivity contribution is 5.83. The Labute approximate surface area is 201 Å². The summed E-state index contributed by atoms with van der Waals surface area (Å²) in [5.74, 6) is 1.71. The van der Waals surface area contributed by atoms with Crippen LogP contribution in [0.4, 0.5) is 0 Å². The van der Waals surface area contributed by atoms with Crippen LogP contribution in [0, 0.1) is 5.41 Å². The van der Waals surface area contributed by atoms with E-state index in [1.54, 1.807) is 13.3 Å². The summed E-state index contributed by atoms with van der Waals surface area (Å²) in [6.07, 6.45) is 3.36. The Bertz CT molecular complexity index is 1050. The van der Waals surface area contributed by atoms with E-state index >= 15 is 0 Å². The van der Waals surface area contributed by atoms with E-state index in [0.29, 0.717) is 6.61 Å². The Morgan fingerprint density at radius 2 is 1.76 bits per heavy atom. The Morgan fingerprint density at radius 3 is 2.47 bits per heavy atom. The number of benzene rings is 2. The molecule has 0 radical (unpaired) electrons. The lowest BCUT2D eigenvalue weighted by Gasteiger charge is -2.39. The van der Waals surface area contributed by atoms with Crippen LogP contribution in [0.15, 0.2) is 79.0 Å². The first-order chi connectivity index (χ1) is 16.6. The molecule has 1 amide bonds. The molecule has 178 valence electrons. The van der Waals surface area contributed by atoms with Gasteiger partial charge in [0.05, 0.1) is 18.8 Å². The number of rotatable bonds is 9. The maximum Gasteiger partial charge on any atom is 0.226 e. The summed E-state index contributed by atoms with van der Waals surface area (Å²) in [5, 5.41) is 3.29. The van der Waals surface area contributed by atoms with Crippen molar-refractivity contribution in [1.29, 1.82) is 0 Å². The van der Waals surface area contributed by atoms with Crippen LogP contribution in [0.5, 0.6) is 11.5 Å². The van der Waals surface area contributed by atoms with E-state index in [0.717, 1.165) is 55.2 Å². The largest absolute Gasteiger partial charge is 0.497 e. The molecule has 0 unspecified atom stereocenters. The van der Waals surface area contributed by atoms with Gasteiger partial charge in [0.15, 0.2) is 0 Å². The first kappa shape index (κ1) is 23.8. The summed E-state index contributed by atoms with van der Waals surface area (Å²) in [7, 11) is 1.65. The first-order valence-corrected chi connectivity index (χ1v) is 11.8. The number of ether oxygens (including phenoxy) is 2. The standard InChI is InChI=1S/C28H33N3O3/c1-28(14-17-31(18-15-28)19-20-34-23-10-4-3-5-11-23)27(32)30-26(25-13-6-7-16-29-25)22-9-8-12-24(21-22)33-2/h3-13,16,21,26H,14-15,17-20H2,1-2H3,(H,30,32)/t26-/m0/s1. The number of piperidine rings is 1. The highest BCUT2D eigenvalue weighted by atomic mass is 16.5. The molecule has 1 atom stereocenters. The van der Waals surface area contributed by atoms with Crippen molar-refractivity contribution in [2.24, 2.45) is 5.41 Å². The predicted octanol–water partition coefficient (Wildman–Crippen LogP) is 4.48. The molecule has 1 fully saturated rings. The predicted molar refractivity (Wildman–Crippen MR) is 133 cm³/mol. The number of hydrogen-bond acceptors (Lipinski definition) is 5. The van der Waals surface area contributed by atoms with Gasteiger partial charge in [-0.25, -0.2) is 0 Å². The van der Waals surface area contributed by atoms with Crippen molar-refractivity contribution in [3.8, 4) is 11.5 Å². The maximum atomic E-state index is 13.5. The van der Waals surface area contributed by atoms with Crippen LogP contribution < -0.4 is 14.8 Å². The van der Waals surface area contributed by atoms with Crippen LogP contribution in [0.1, 0.15) is 37.1 Å². The summed E-state index contributed by atoms with van der Waals surface area (Å²) in [6.45, 7) is 5.31. The molecule has 1 aliphatic heterocycles. The smallest absolute Gasteiger partial charge is 0.226 e. The molecule has 2 aromatic carbocycles. The van der Waals surface area contributed by atoms with Gasteiger partial charge in [0.2, 0.25) is 5.91 Å². The first-order valence-electron chi connectivity index (χ1n) is 11.8. The van der Waals surface area contributed by atoms with E-state index in [4.69, 9.17) is 9.47 Å². The molecule has 34 heavy (non-hydrogen) atoms. The molecule has 6 heteroatoms. The number of amides is 1. The molecule has 0 spiro atoms. The van der Waals surface area contributed by atoms with Crippen molar-refractivity contribution in [2.75, 3.05) is 33.4 Å². The number of carbonyl (C=O) groups is 1. The number of nitrogens with one attached hydrogen (secondary N) is 1.